The lowest BCUT2D eigenvalue weighted by molar-refractivity contribution is 0.0650. The standard InChI is InChI=1S/C16H26N2O3/c1-11-8-12(6-7-13(11)21-5)9-17-15(20)18-10-14(19)16(2,3)4/h6-8,14,19H,9-10H2,1-5H3,(H2,17,18,20). The second kappa shape index (κ2) is 7.31. The summed E-state index contributed by atoms with van der Waals surface area (Å²) in [6.07, 6.45) is -0.577. The average Bonchev–Trinajstić information content (AvgIpc) is 2.41. The van der Waals surface area contributed by atoms with Gasteiger partial charge in [-0.1, -0.05) is 32.9 Å². The van der Waals surface area contributed by atoms with Crippen LogP contribution in [0.2, 0.25) is 0 Å². The molecule has 0 aliphatic rings. The number of amides is 2. The summed E-state index contributed by atoms with van der Waals surface area (Å²) in [5.74, 6) is 0.830. The van der Waals surface area contributed by atoms with Crippen molar-refractivity contribution in [3.8, 4) is 5.75 Å². The van der Waals surface area contributed by atoms with Crippen molar-refractivity contribution in [2.45, 2.75) is 40.3 Å². The smallest absolute Gasteiger partial charge is 0.315 e. The summed E-state index contributed by atoms with van der Waals surface area (Å²) in [6.45, 7) is 8.41. The first-order chi connectivity index (χ1) is 9.74. The minimum absolute atomic E-state index is 0.233. The Labute approximate surface area is 126 Å². The van der Waals surface area contributed by atoms with Crippen LogP contribution in [0.15, 0.2) is 18.2 Å². The zero-order chi connectivity index (χ0) is 16.0. The van der Waals surface area contributed by atoms with E-state index in [0.717, 1.165) is 16.9 Å². The van der Waals surface area contributed by atoms with Crippen molar-refractivity contribution < 1.29 is 14.6 Å². The van der Waals surface area contributed by atoms with Crippen LogP contribution in [0, 0.1) is 12.3 Å². The van der Waals surface area contributed by atoms with E-state index in [-0.39, 0.29) is 18.0 Å². The molecule has 0 aliphatic heterocycles. The molecule has 5 nitrogen and oxygen atoms in total. The fourth-order valence-corrected chi connectivity index (χ4v) is 1.79. The Balaban J connectivity index is 2.41. The molecular formula is C16H26N2O3. The van der Waals surface area contributed by atoms with Gasteiger partial charge in [0.05, 0.1) is 13.2 Å². The SMILES string of the molecule is COc1ccc(CNC(=O)NCC(O)C(C)(C)C)cc1C. The molecule has 1 unspecified atom stereocenters. The first kappa shape index (κ1) is 17.3. The number of nitrogens with one attached hydrogen (secondary N) is 2. The Morgan fingerprint density at radius 2 is 2.00 bits per heavy atom. The highest BCUT2D eigenvalue weighted by molar-refractivity contribution is 5.73. The first-order valence-corrected chi connectivity index (χ1v) is 7.07. The molecule has 0 heterocycles. The van der Waals surface area contributed by atoms with Crippen molar-refractivity contribution in [2.75, 3.05) is 13.7 Å². The van der Waals surface area contributed by atoms with E-state index in [2.05, 4.69) is 10.6 Å². The molecule has 0 saturated heterocycles. The highest BCUT2D eigenvalue weighted by Crippen LogP contribution is 2.19. The maximum atomic E-state index is 11.7. The van der Waals surface area contributed by atoms with Crippen LogP contribution in [0.5, 0.6) is 5.75 Å². The number of ether oxygens (including phenoxy) is 1. The van der Waals surface area contributed by atoms with Gasteiger partial charge in [-0.25, -0.2) is 4.79 Å². The zero-order valence-corrected chi connectivity index (χ0v) is 13.5. The molecule has 3 N–H and O–H groups in total. The molecule has 1 aromatic rings. The van der Waals surface area contributed by atoms with Crippen LogP contribution in [0.3, 0.4) is 0 Å². The van der Waals surface area contributed by atoms with Crippen LogP contribution < -0.4 is 15.4 Å². The number of methoxy groups -OCH3 is 1. The van der Waals surface area contributed by atoms with E-state index in [9.17, 15) is 9.90 Å². The second-order valence-corrected chi connectivity index (χ2v) is 6.25. The Morgan fingerprint density at radius 1 is 1.33 bits per heavy atom. The number of aliphatic hydroxyl groups is 1. The molecule has 0 bridgehead atoms. The lowest BCUT2D eigenvalue weighted by Crippen LogP contribution is -2.43. The quantitative estimate of drug-likeness (QED) is 0.780. The molecule has 21 heavy (non-hydrogen) atoms. The summed E-state index contributed by atoms with van der Waals surface area (Å²) in [7, 11) is 1.63. The number of hydrogen-bond acceptors (Lipinski definition) is 3. The molecular weight excluding hydrogens is 268 g/mol. The van der Waals surface area contributed by atoms with Crippen LogP contribution in [0.4, 0.5) is 4.79 Å². The third-order valence-corrected chi connectivity index (χ3v) is 3.37. The number of aliphatic hydroxyl groups excluding tert-OH is 1. The number of aryl methyl sites for hydroxylation is 1. The fraction of sp³-hybridized carbons (Fsp3) is 0.562. The first-order valence-electron chi connectivity index (χ1n) is 7.07. The molecule has 0 aromatic heterocycles. The lowest BCUT2D eigenvalue weighted by Gasteiger charge is -2.25. The van der Waals surface area contributed by atoms with E-state index >= 15 is 0 Å². The number of carbonyl (C=O) groups excluding carboxylic acids is 1. The summed E-state index contributed by atoms with van der Waals surface area (Å²) in [5.41, 5.74) is 1.78. The largest absolute Gasteiger partial charge is 0.496 e. The molecule has 1 aromatic carbocycles. The van der Waals surface area contributed by atoms with E-state index in [1.54, 1.807) is 7.11 Å². The van der Waals surface area contributed by atoms with Crippen molar-refractivity contribution in [2.24, 2.45) is 5.41 Å². The lowest BCUT2D eigenvalue weighted by atomic mass is 9.89. The van der Waals surface area contributed by atoms with E-state index in [1.807, 2.05) is 45.9 Å². The highest BCUT2D eigenvalue weighted by Gasteiger charge is 2.22. The molecule has 118 valence electrons. The van der Waals surface area contributed by atoms with Gasteiger partial charge >= 0.3 is 6.03 Å². The van der Waals surface area contributed by atoms with Gasteiger partial charge in [-0.3, -0.25) is 0 Å². The predicted octanol–water partition coefficient (Wildman–Crippen LogP) is 2.21. The van der Waals surface area contributed by atoms with Crippen molar-refractivity contribution in [1.29, 1.82) is 0 Å². The highest BCUT2D eigenvalue weighted by atomic mass is 16.5. The molecule has 0 radical (unpaired) electrons. The third kappa shape index (κ3) is 5.63. The molecule has 0 fully saturated rings. The van der Waals surface area contributed by atoms with Gasteiger partial charge in [0.1, 0.15) is 5.75 Å². The van der Waals surface area contributed by atoms with Crippen molar-refractivity contribution >= 4 is 6.03 Å². The van der Waals surface area contributed by atoms with E-state index in [1.165, 1.54) is 0 Å². The van der Waals surface area contributed by atoms with Gasteiger partial charge in [0.2, 0.25) is 0 Å². The van der Waals surface area contributed by atoms with Crippen LogP contribution in [-0.2, 0) is 6.54 Å². The van der Waals surface area contributed by atoms with E-state index < -0.39 is 6.10 Å². The van der Waals surface area contributed by atoms with Crippen LogP contribution >= 0.6 is 0 Å². The molecule has 1 atom stereocenters. The third-order valence-electron chi connectivity index (χ3n) is 3.37. The maximum absolute atomic E-state index is 11.7. The average molecular weight is 294 g/mol. The minimum Gasteiger partial charge on any atom is -0.496 e. The van der Waals surface area contributed by atoms with E-state index in [0.29, 0.717) is 6.54 Å². The van der Waals surface area contributed by atoms with Crippen LogP contribution in [0.25, 0.3) is 0 Å². The Kier molecular flexibility index (Phi) is 6.03. The summed E-state index contributed by atoms with van der Waals surface area (Å²) < 4.78 is 5.19. The predicted molar refractivity (Wildman–Crippen MR) is 83.4 cm³/mol. The Bertz CT molecular complexity index is 481. The summed E-state index contributed by atoms with van der Waals surface area (Å²) in [5, 5.41) is 15.3. The summed E-state index contributed by atoms with van der Waals surface area (Å²) >= 11 is 0. The molecule has 1 rings (SSSR count). The van der Waals surface area contributed by atoms with Crippen LogP contribution in [0.1, 0.15) is 31.9 Å². The van der Waals surface area contributed by atoms with Crippen molar-refractivity contribution in [1.82, 2.24) is 10.6 Å². The molecule has 2 amide bonds. The molecule has 0 saturated carbocycles. The number of rotatable bonds is 5. The van der Waals surface area contributed by atoms with Crippen molar-refractivity contribution in [3.63, 3.8) is 0 Å². The fourth-order valence-electron chi connectivity index (χ4n) is 1.79. The van der Waals surface area contributed by atoms with Gasteiger partial charge in [0.25, 0.3) is 0 Å². The van der Waals surface area contributed by atoms with Gasteiger partial charge in [0.15, 0.2) is 0 Å². The maximum Gasteiger partial charge on any atom is 0.315 e. The van der Waals surface area contributed by atoms with Gasteiger partial charge < -0.3 is 20.5 Å². The number of urea groups is 1. The van der Waals surface area contributed by atoms with Gasteiger partial charge in [-0.2, -0.15) is 0 Å². The molecule has 0 spiro atoms. The van der Waals surface area contributed by atoms with Crippen LogP contribution in [-0.4, -0.2) is 30.9 Å². The Hall–Kier alpha value is -1.75. The van der Waals surface area contributed by atoms with Gasteiger partial charge in [-0.05, 0) is 29.5 Å². The Morgan fingerprint density at radius 3 is 2.52 bits per heavy atom. The molecule has 5 heteroatoms. The van der Waals surface area contributed by atoms with Gasteiger partial charge in [-0.15, -0.1) is 0 Å². The van der Waals surface area contributed by atoms with Gasteiger partial charge in [0, 0.05) is 13.1 Å². The topological polar surface area (TPSA) is 70.6 Å². The normalized spacial score (nSPS) is 12.7. The zero-order valence-electron chi connectivity index (χ0n) is 13.5. The van der Waals surface area contributed by atoms with Crippen molar-refractivity contribution in [3.05, 3.63) is 29.3 Å². The second-order valence-electron chi connectivity index (χ2n) is 6.25. The monoisotopic (exact) mass is 294 g/mol. The van der Waals surface area contributed by atoms with E-state index in [4.69, 9.17) is 4.74 Å². The number of hydrogen-bond donors (Lipinski definition) is 3. The number of carbonyl (C=O) groups is 1. The molecule has 0 aliphatic carbocycles. The summed E-state index contributed by atoms with van der Waals surface area (Å²) in [6, 6.07) is 5.49. The minimum atomic E-state index is -0.577. The number of benzene rings is 1. The summed E-state index contributed by atoms with van der Waals surface area (Å²) in [4.78, 5) is 11.7.